The molecule has 0 heterocycles. The highest BCUT2D eigenvalue weighted by Crippen LogP contribution is 2.12. The van der Waals surface area contributed by atoms with E-state index >= 15 is 0 Å². The molecule has 0 aromatic heterocycles. The molecule has 0 aliphatic heterocycles. The summed E-state index contributed by atoms with van der Waals surface area (Å²) in [6.45, 7) is 2.60. The number of non-ortho nitro benzene ring substituents is 1. The predicted octanol–water partition coefficient (Wildman–Crippen LogP) is 2.58. The monoisotopic (exact) mass is 192 g/mol. The second-order valence-corrected chi connectivity index (χ2v) is 2.86. The maximum Gasteiger partial charge on any atom is 0.269 e. The molecule has 0 aliphatic carbocycles. The first-order valence-corrected chi connectivity index (χ1v) is 4.45. The van der Waals surface area contributed by atoms with Crippen LogP contribution in [0.4, 0.5) is 5.69 Å². The van der Waals surface area contributed by atoms with E-state index in [0.29, 0.717) is 6.54 Å². The molecule has 0 unspecified atom stereocenters. The standard InChI is InChI=1S/C10H12N2O2/c1-2-7-11-8-9-3-5-10(6-4-9)12(13)14/h3-7H,2,8H2,1H3. The topological polar surface area (TPSA) is 55.5 Å². The van der Waals surface area contributed by atoms with Crippen molar-refractivity contribution in [1.29, 1.82) is 0 Å². The van der Waals surface area contributed by atoms with Gasteiger partial charge >= 0.3 is 0 Å². The first-order chi connectivity index (χ1) is 6.74. The molecule has 4 heteroatoms. The average molecular weight is 192 g/mol. The van der Waals surface area contributed by atoms with Gasteiger partial charge in [-0.05, 0) is 18.2 Å². The van der Waals surface area contributed by atoms with E-state index in [0.717, 1.165) is 12.0 Å². The summed E-state index contributed by atoms with van der Waals surface area (Å²) in [7, 11) is 0. The van der Waals surface area contributed by atoms with Crippen LogP contribution in [0, 0.1) is 10.1 Å². The molecular weight excluding hydrogens is 180 g/mol. The summed E-state index contributed by atoms with van der Waals surface area (Å²) in [6, 6.07) is 6.45. The summed E-state index contributed by atoms with van der Waals surface area (Å²) in [5, 5.41) is 10.3. The normalized spacial score (nSPS) is 10.6. The largest absolute Gasteiger partial charge is 0.293 e. The zero-order chi connectivity index (χ0) is 10.4. The van der Waals surface area contributed by atoms with Crippen LogP contribution in [0.1, 0.15) is 18.9 Å². The first-order valence-electron chi connectivity index (χ1n) is 4.45. The minimum absolute atomic E-state index is 0.119. The van der Waals surface area contributed by atoms with E-state index in [1.165, 1.54) is 12.1 Å². The maximum atomic E-state index is 10.3. The third kappa shape index (κ3) is 2.97. The third-order valence-electron chi connectivity index (χ3n) is 1.73. The highest BCUT2D eigenvalue weighted by Gasteiger charge is 2.02. The molecule has 1 aromatic carbocycles. The number of hydrogen-bond donors (Lipinski definition) is 0. The molecule has 0 amide bonds. The summed E-state index contributed by atoms with van der Waals surface area (Å²) < 4.78 is 0. The van der Waals surface area contributed by atoms with E-state index < -0.39 is 4.92 Å². The van der Waals surface area contributed by atoms with Crippen molar-refractivity contribution in [3.8, 4) is 0 Å². The highest BCUT2D eigenvalue weighted by molar-refractivity contribution is 5.56. The van der Waals surface area contributed by atoms with Gasteiger partial charge in [0, 0.05) is 12.1 Å². The minimum atomic E-state index is -0.404. The Morgan fingerprint density at radius 1 is 1.43 bits per heavy atom. The molecule has 0 fully saturated rings. The Morgan fingerprint density at radius 2 is 2.07 bits per heavy atom. The smallest absolute Gasteiger partial charge is 0.269 e. The number of nitro groups is 1. The van der Waals surface area contributed by atoms with Crippen molar-refractivity contribution in [3.63, 3.8) is 0 Å². The maximum absolute atomic E-state index is 10.3. The van der Waals surface area contributed by atoms with Crippen LogP contribution in [0.3, 0.4) is 0 Å². The Kier molecular flexibility index (Phi) is 3.79. The number of nitro benzene ring substituents is 1. The van der Waals surface area contributed by atoms with Crippen LogP contribution < -0.4 is 0 Å². The van der Waals surface area contributed by atoms with Gasteiger partial charge < -0.3 is 0 Å². The summed E-state index contributed by atoms with van der Waals surface area (Å²) in [5.41, 5.74) is 1.11. The van der Waals surface area contributed by atoms with Gasteiger partial charge in [0.25, 0.3) is 5.69 Å². The number of aliphatic imine (C=N–C) groups is 1. The fourth-order valence-electron chi connectivity index (χ4n) is 1.02. The number of rotatable bonds is 4. The molecule has 0 saturated carbocycles. The van der Waals surface area contributed by atoms with Crippen molar-refractivity contribution in [2.45, 2.75) is 19.9 Å². The van der Waals surface area contributed by atoms with Crippen LogP contribution in [-0.2, 0) is 6.54 Å². The van der Waals surface area contributed by atoms with Gasteiger partial charge in [-0.25, -0.2) is 0 Å². The van der Waals surface area contributed by atoms with E-state index in [-0.39, 0.29) is 5.69 Å². The summed E-state index contributed by atoms with van der Waals surface area (Å²) in [6.07, 6.45) is 2.74. The Bertz CT molecular complexity index is 330. The molecular formula is C10H12N2O2. The van der Waals surface area contributed by atoms with E-state index in [9.17, 15) is 10.1 Å². The van der Waals surface area contributed by atoms with Gasteiger partial charge in [0.2, 0.25) is 0 Å². The highest BCUT2D eigenvalue weighted by atomic mass is 16.6. The van der Waals surface area contributed by atoms with Crippen LogP contribution in [0.2, 0.25) is 0 Å². The van der Waals surface area contributed by atoms with Gasteiger partial charge in [0.05, 0.1) is 11.5 Å². The van der Waals surface area contributed by atoms with Crippen LogP contribution in [0.5, 0.6) is 0 Å². The second kappa shape index (κ2) is 5.11. The quantitative estimate of drug-likeness (QED) is 0.418. The van der Waals surface area contributed by atoms with E-state index in [4.69, 9.17) is 0 Å². The van der Waals surface area contributed by atoms with E-state index in [2.05, 4.69) is 4.99 Å². The average Bonchev–Trinajstić information content (AvgIpc) is 2.19. The van der Waals surface area contributed by atoms with E-state index in [1.807, 2.05) is 13.1 Å². The predicted molar refractivity (Wildman–Crippen MR) is 55.6 cm³/mol. The van der Waals surface area contributed by atoms with Crippen molar-refractivity contribution in [2.24, 2.45) is 4.99 Å². The molecule has 0 bridgehead atoms. The van der Waals surface area contributed by atoms with E-state index in [1.54, 1.807) is 12.1 Å². The van der Waals surface area contributed by atoms with Gasteiger partial charge in [-0.15, -0.1) is 0 Å². The lowest BCUT2D eigenvalue weighted by molar-refractivity contribution is -0.384. The summed E-state index contributed by atoms with van der Waals surface area (Å²) in [5.74, 6) is 0. The molecule has 0 atom stereocenters. The Hall–Kier alpha value is -1.71. The van der Waals surface area contributed by atoms with Gasteiger partial charge in [0.1, 0.15) is 0 Å². The van der Waals surface area contributed by atoms with Gasteiger partial charge in [-0.2, -0.15) is 0 Å². The van der Waals surface area contributed by atoms with Crippen LogP contribution in [0.25, 0.3) is 0 Å². The Morgan fingerprint density at radius 3 is 2.57 bits per heavy atom. The van der Waals surface area contributed by atoms with Crippen LogP contribution >= 0.6 is 0 Å². The van der Waals surface area contributed by atoms with Gasteiger partial charge in [0.15, 0.2) is 0 Å². The summed E-state index contributed by atoms with van der Waals surface area (Å²) >= 11 is 0. The van der Waals surface area contributed by atoms with Crippen molar-refractivity contribution >= 4 is 11.9 Å². The minimum Gasteiger partial charge on any atom is -0.293 e. The number of benzene rings is 1. The number of hydrogen-bond acceptors (Lipinski definition) is 3. The molecule has 0 spiro atoms. The first kappa shape index (κ1) is 10.4. The molecule has 1 rings (SSSR count). The van der Waals surface area contributed by atoms with Crippen molar-refractivity contribution in [1.82, 2.24) is 0 Å². The lowest BCUT2D eigenvalue weighted by Gasteiger charge is -1.95. The molecule has 0 N–H and O–H groups in total. The zero-order valence-electron chi connectivity index (χ0n) is 8.01. The lowest BCUT2D eigenvalue weighted by Crippen LogP contribution is -1.88. The molecule has 0 saturated heterocycles. The zero-order valence-corrected chi connectivity index (χ0v) is 8.01. The van der Waals surface area contributed by atoms with Gasteiger partial charge in [-0.3, -0.25) is 15.1 Å². The molecule has 4 nitrogen and oxygen atoms in total. The Labute approximate surface area is 82.4 Å². The fraction of sp³-hybridized carbons (Fsp3) is 0.300. The molecule has 0 radical (unpaired) electrons. The van der Waals surface area contributed by atoms with Gasteiger partial charge in [-0.1, -0.05) is 19.1 Å². The van der Waals surface area contributed by atoms with Crippen molar-refractivity contribution in [2.75, 3.05) is 0 Å². The van der Waals surface area contributed by atoms with Crippen molar-refractivity contribution < 1.29 is 4.92 Å². The summed E-state index contributed by atoms with van der Waals surface area (Å²) in [4.78, 5) is 14.1. The fourth-order valence-corrected chi connectivity index (χ4v) is 1.02. The van der Waals surface area contributed by atoms with Crippen LogP contribution in [0.15, 0.2) is 29.3 Å². The lowest BCUT2D eigenvalue weighted by atomic mass is 10.2. The SMILES string of the molecule is CCC=NCc1ccc([N+](=O)[O-])cc1. The third-order valence-corrected chi connectivity index (χ3v) is 1.73. The molecule has 74 valence electrons. The van der Waals surface area contributed by atoms with Crippen LogP contribution in [-0.4, -0.2) is 11.1 Å². The molecule has 0 aliphatic rings. The molecule has 14 heavy (non-hydrogen) atoms. The Balaban J connectivity index is 2.64. The second-order valence-electron chi connectivity index (χ2n) is 2.86. The van der Waals surface area contributed by atoms with Crippen molar-refractivity contribution in [3.05, 3.63) is 39.9 Å². The molecule has 1 aromatic rings. The number of nitrogens with zero attached hydrogens (tertiary/aromatic N) is 2.